The second-order valence-electron chi connectivity index (χ2n) is 5.06. The summed E-state index contributed by atoms with van der Waals surface area (Å²) in [6, 6.07) is 7.88. The predicted molar refractivity (Wildman–Crippen MR) is 89.3 cm³/mol. The van der Waals surface area contributed by atoms with Crippen LogP contribution >= 0.6 is 0 Å². The van der Waals surface area contributed by atoms with Crippen molar-refractivity contribution in [3.63, 3.8) is 0 Å². The largest absolute Gasteiger partial charge is 0.489 e. The van der Waals surface area contributed by atoms with Crippen molar-refractivity contribution in [3.8, 4) is 5.75 Å². The lowest BCUT2D eigenvalue weighted by atomic mass is 10.3. The maximum atomic E-state index is 13.3. The zero-order chi connectivity index (χ0) is 18.7. The van der Waals surface area contributed by atoms with Crippen LogP contribution in [0.2, 0.25) is 0 Å². The zero-order valence-electron chi connectivity index (χ0n) is 13.1. The van der Waals surface area contributed by atoms with E-state index in [0.717, 1.165) is 30.5 Å². The first-order chi connectivity index (χ1) is 11.6. The van der Waals surface area contributed by atoms with E-state index in [1.807, 2.05) is 0 Å². The summed E-state index contributed by atoms with van der Waals surface area (Å²) < 4.78 is 68.4. The smallest absolute Gasteiger partial charge is 0.262 e. The third-order valence-corrected chi connectivity index (χ3v) is 5.61. The highest BCUT2D eigenvalue weighted by Crippen LogP contribution is 2.28. The number of nitrogens with one attached hydrogen (secondary N) is 1. The summed E-state index contributed by atoms with van der Waals surface area (Å²) >= 11 is 0. The maximum absolute atomic E-state index is 13.3. The maximum Gasteiger partial charge on any atom is 0.262 e. The minimum atomic E-state index is -4.05. The lowest BCUT2D eigenvalue weighted by Gasteiger charge is -2.13. The average molecular weight is 389 g/mol. The van der Waals surface area contributed by atoms with Crippen LogP contribution in [0.15, 0.2) is 52.3 Å². The van der Waals surface area contributed by atoms with E-state index in [4.69, 9.17) is 9.84 Å². The molecule has 0 aliphatic rings. The summed E-state index contributed by atoms with van der Waals surface area (Å²) in [4.78, 5) is -0.183. The Bertz CT molecular complexity index is 956. The molecule has 10 heteroatoms. The van der Waals surface area contributed by atoms with Gasteiger partial charge >= 0.3 is 0 Å². The second kappa shape index (κ2) is 7.38. The summed E-state index contributed by atoms with van der Waals surface area (Å²) in [6.45, 7) is -0.461. The number of hydrogen-bond acceptors (Lipinski definition) is 6. The molecule has 0 heterocycles. The Morgan fingerprint density at radius 2 is 1.64 bits per heavy atom. The summed E-state index contributed by atoms with van der Waals surface area (Å²) in [5.74, 6) is -0.709. The summed E-state index contributed by atoms with van der Waals surface area (Å²) in [5.41, 5.74) is -0.0120. The van der Waals surface area contributed by atoms with Crippen LogP contribution in [0.3, 0.4) is 0 Å². The van der Waals surface area contributed by atoms with Crippen LogP contribution in [-0.4, -0.2) is 41.4 Å². The van der Waals surface area contributed by atoms with Gasteiger partial charge in [0.25, 0.3) is 10.0 Å². The molecule has 0 aromatic heterocycles. The van der Waals surface area contributed by atoms with Crippen molar-refractivity contribution in [3.05, 3.63) is 48.3 Å². The van der Waals surface area contributed by atoms with Gasteiger partial charge in [-0.05, 0) is 36.4 Å². The molecule has 25 heavy (non-hydrogen) atoms. The third kappa shape index (κ3) is 4.91. The van der Waals surface area contributed by atoms with Crippen molar-refractivity contribution in [1.82, 2.24) is 0 Å². The second-order valence-corrected chi connectivity index (χ2v) is 8.76. The fourth-order valence-electron chi connectivity index (χ4n) is 1.93. The standard InChI is InChI=1S/C15H16FNO6S2/c1-24(19,20)12-3-5-13(6-4-12)25(21,22)17-14-7-2-11(16)10-15(14)23-9-8-18/h2-7,10,17-18H,8-9H2,1H3. The first kappa shape index (κ1) is 19.2. The summed E-state index contributed by atoms with van der Waals surface area (Å²) in [6.07, 6.45) is 1.01. The Kier molecular flexibility index (Phi) is 5.65. The molecule has 2 aromatic rings. The van der Waals surface area contributed by atoms with Crippen LogP contribution in [-0.2, 0) is 19.9 Å². The molecule has 2 N–H and O–H groups in total. The number of ether oxygens (including phenoxy) is 1. The molecule has 0 atom stereocenters. The Morgan fingerprint density at radius 1 is 1.04 bits per heavy atom. The predicted octanol–water partition coefficient (Wildman–Crippen LogP) is 1.40. The number of hydrogen-bond donors (Lipinski definition) is 2. The van der Waals surface area contributed by atoms with Gasteiger partial charge in [0.1, 0.15) is 18.2 Å². The van der Waals surface area contributed by atoms with E-state index < -0.39 is 25.7 Å². The topological polar surface area (TPSA) is 110 Å². The molecule has 0 spiro atoms. The highest BCUT2D eigenvalue weighted by atomic mass is 32.2. The van der Waals surface area contributed by atoms with E-state index in [9.17, 15) is 21.2 Å². The van der Waals surface area contributed by atoms with E-state index in [0.29, 0.717) is 0 Å². The number of sulfonamides is 1. The van der Waals surface area contributed by atoms with Gasteiger partial charge in [0.2, 0.25) is 0 Å². The number of rotatable bonds is 7. The van der Waals surface area contributed by atoms with E-state index >= 15 is 0 Å². The van der Waals surface area contributed by atoms with Gasteiger partial charge in [0.05, 0.1) is 22.1 Å². The third-order valence-electron chi connectivity index (χ3n) is 3.10. The highest BCUT2D eigenvalue weighted by molar-refractivity contribution is 7.92. The Balaban J connectivity index is 2.33. The molecule has 136 valence electrons. The minimum Gasteiger partial charge on any atom is -0.489 e. The van der Waals surface area contributed by atoms with Gasteiger partial charge in [0, 0.05) is 12.3 Å². The molecule has 0 aliphatic carbocycles. The lowest BCUT2D eigenvalue weighted by molar-refractivity contribution is 0.201. The van der Waals surface area contributed by atoms with E-state index in [1.165, 1.54) is 18.2 Å². The van der Waals surface area contributed by atoms with E-state index in [-0.39, 0.29) is 34.4 Å². The van der Waals surface area contributed by atoms with Crippen molar-refractivity contribution < 1.29 is 31.1 Å². The number of aliphatic hydroxyl groups excluding tert-OH is 1. The number of anilines is 1. The molecular formula is C15H16FNO6S2. The molecule has 0 unspecified atom stereocenters. The molecule has 0 fully saturated rings. The Morgan fingerprint density at radius 3 is 2.20 bits per heavy atom. The van der Waals surface area contributed by atoms with Gasteiger partial charge in [-0.3, -0.25) is 4.72 Å². The quantitative estimate of drug-likeness (QED) is 0.741. The van der Waals surface area contributed by atoms with Gasteiger partial charge in [-0.25, -0.2) is 21.2 Å². The van der Waals surface area contributed by atoms with Crippen LogP contribution < -0.4 is 9.46 Å². The number of aliphatic hydroxyl groups is 1. The molecular weight excluding hydrogens is 373 g/mol. The van der Waals surface area contributed by atoms with Gasteiger partial charge in [-0.1, -0.05) is 0 Å². The number of halogens is 1. The molecule has 0 saturated heterocycles. The molecule has 0 bridgehead atoms. The summed E-state index contributed by atoms with van der Waals surface area (Å²) in [7, 11) is -7.49. The molecule has 0 aliphatic heterocycles. The van der Waals surface area contributed by atoms with Gasteiger partial charge in [-0.2, -0.15) is 0 Å². The number of benzene rings is 2. The average Bonchev–Trinajstić information content (AvgIpc) is 2.54. The van der Waals surface area contributed by atoms with Crippen LogP contribution in [0.5, 0.6) is 5.75 Å². The van der Waals surface area contributed by atoms with Crippen LogP contribution in [0.25, 0.3) is 0 Å². The summed E-state index contributed by atoms with van der Waals surface area (Å²) in [5, 5.41) is 8.78. The first-order valence-corrected chi connectivity index (χ1v) is 10.4. The van der Waals surface area contributed by atoms with Crippen LogP contribution in [0.4, 0.5) is 10.1 Å². The normalized spacial score (nSPS) is 12.0. The van der Waals surface area contributed by atoms with Gasteiger partial charge < -0.3 is 9.84 Å². The molecule has 0 saturated carbocycles. The Hall–Kier alpha value is -2.17. The van der Waals surface area contributed by atoms with Crippen LogP contribution in [0.1, 0.15) is 0 Å². The van der Waals surface area contributed by atoms with Crippen molar-refractivity contribution in [2.45, 2.75) is 9.79 Å². The van der Waals surface area contributed by atoms with Gasteiger partial charge in [0.15, 0.2) is 9.84 Å². The van der Waals surface area contributed by atoms with E-state index in [2.05, 4.69) is 4.72 Å². The fourth-order valence-corrected chi connectivity index (χ4v) is 3.63. The molecule has 0 amide bonds. The van der Waals surface area contributed by atoms with E-state index in [1.54, 1.807) is 0 Å². The van der Waals surface area contributed by atoms with Crippen molar-refractivity contribution in [1.29, 1.82) is 0 Å². The van der Waals surface area contributed by atoms with Crippen LogP contribution in [0, 0.1) is 5.82 Å². The Labute approximate surface area is 145 Å². The fraction of sp³-hybridized carbons (Fsp3) is 0.200. The first-order valence-electron chi connectivity index (χ1n) is 6.99. The molecule has 7 nitrogen and oxygen atoms in total. The minimum absolute atomic E-state index is 0.0120. The lowest BCUT2D eigenvalue weighted by Crippen LogP contribution is -2.14. The van der Waals surface area contributed by atoms with Gasteiger partial charge in [-0.15, -0.1) is 0 Å². The van der Waals surface area contributed by atoms with Crippen molar-refractivity contribution in [2.24, 2.45) is 0 Å². The monoisotopic (exact) mass is 389 g/mol. The number of sulfone groups is 1. The SMILES string of the molecule is CS(=O)(=O)c1ccc(S(=O)(=O)Nc2ccc(F)cc2OCCO)cc1. The van der Waals surface area contributed by atoms with Crippen molar-refractivity contribution >= 4 is 25.5 Å². The molecule has 0 radical (unpaired) electrons. The zero-order valence-corrected chi connectivity index (χ0v) is 14.8. The van der Waals surface area contributed by atoms with Crippen molar-refractivity contribution in [2.75, 3.05) is 24.2 Å². The highest BCUT2D eigenvalue weighted by Gasteiger charge is 2.18. The molecule has 2 aromatic carbocycles. The molecule has 2 rings (SSSR count).